The smallest absolute Gasteiger partial charge is 0.333 e. The Bertz CT molecular complexity index is 2630. The van der Waals surface area contributed by atoms with Crippen LogP contribution in [0.15, 0.2) is 140 Å². The van der Waals surface area contributed by atoms with Crippen LogP contribution in [0, 0.1) is 0 Å². The number of benzene rings is 7. The molecule has 0 amide bonds. The Hall–Kier alpha value is -5.54. The fraction of sp³-hybridized carbons (Fsp3) is 0.0698. The van der Waals surface area contributed by atoms with Crippen molar-refractivity contribution < 1.29 is 0 Å². The van der Waals surface area contributed by atoms with Gasteiger partial charge in [-0.15, -0.1) is 0 Å². The Morgan fingerprint density at radius 1 is 0.522 bits per heavy atom. The molecule has 0 unspecified atom stereocenters. The SMILES string of the molecule is CC1(C)c2ccccc2-c2c1ccc1c2-c2c3c4c(c5ccccc25)c2ccccc2n4-c2ccccc2B3N1c1ccccc1. The van der Waals surface area contributed by atoms with E-state index >= 15 is 0 Å². The van der Waals surface area contributed by atoms with E-state index in [1.165, 1.54) is 93.9 Å². The molecule has 1 aliphatic carbocycles. The molecule has 0 atom stereocenters. The van der Waals surface area contributed by atoms with Gasteiger partial charge < -0.3 is 9.38 Å². The van der Waals surface area contributed by atoms with Crippen LogP contribution in [0.25, 0.3) is 60.5 Å². The second kappa shape index (κ2) is 8.38. The first kappa shape index (κ1) is 24.7. The molecular weight excluding hydrogens is 555 g/mol. The Kier molecular flexibility index (Phi) is 4.51. The Morgan fingerprint density at radius 2 is 1.22 bits per heavy atom. The standard InChI is InChI=1S/C43H29BN2/c1-43(2)31-20-10-8-18-29(31)38-32(43)24-25-36-40(38)39-28-17-7-6-16-27(28)37-30-19-9-12-22-34(30)45-35-23-13-11-21-33(35)44(41(39)42(37)45)46(36)26-14-4-3-5-15-26/h3-25H,1-2H3. The van der Waals surface area contributed by atoms with Crippen molar-refractivity contribution in [1.82, 2.24) is 4.57 Å². The third-order valence-electron chi connectivity index (χ3n) is 11.1. The molecule has 7 aromatic carbocycles. The summed E-state index contributed by atoms with van der Waals surface area (Å²) in [6.45, 7) is 4.81. The molecule has 11 rings (SSSR count). The quantitative estimate of drug-likeness (QED) is 0.175. The number of anilines is 2. The number of para-hydroxylation sites is 3. The molecule has 46 heavy (non-hydrogen) atoms. The first-order valence-electron chi connectivity index (χ1n) is 16.3. The summed E-state index contributed by atoms with van der Waals surface area (Å²) >= 11 is 0. The number of hydrogen-bond donors (Lipinski definition) is 0. The normalized spacial score (nSPS) is 14.8. The van der Waals surface area contributed by atoms with Crippen LogP contribution in [-0.4, -0.2) is 11.4 Å². The molecule has 0 spiro atoms. The largest absolute Gasteiger partial charge is 0.376 e. The number of rotatable bonds is 1. The third kappa shape index (κ3) is 2.78. The van der Waals surface area contributed by atoms with Crippen molar-refractivity contribution in [2.75, 3.05) is 4.81 Å². The zero-order valence-electron chi connectivity index (χ0n) is 25.8. The molecule has 0 saturated heterocycles. The van der Waals surface area contributed by atoms with Crippen LogP contribution >= 0.6 is 0 Å². The van der Waals surface area contributed by atoms with Crippen molar-refractivity contribution in [1.29, 1.82) is 0 Å². The average molecular weight is 585 g/mol. The van der Waals surface area contributed by atoms with Gasteiger partial charge in [0.1, 0.15) is 0 Å². The molecule has 2 nitrogen and oxygen atoms in total. The van der Waals surface area contributed by atoms with Gasteiger partial charge in [0.25, 0.3) is 0 Å². The van der Waals surface area contributed by atoms with Gasteiger partial charge in [-0.3, -0.25) is 0 Å². The van der Waals surface area contributed by atoms with Gasteiger partial charge in [0.2, 0.25) is 0 Å². The van der Waals surface area contributed by atoms with E-state index in [0.29, 0.717) is 0 Å². The van der Waals surface area contributed by atoms with E-state index in [1.54, 1.807) is 0 Å². The molecule has 1 aromatic heterocycles. The summed E-state index contributed by atoms with van der Waals surface area (Å²) in [4.78, 5) is 2.64. The minimum Gasteiger partial charge on any atom is -0.376 e. The molecule has 3 aliphatic rings. The first-order chi connectivity index (χ1) is 22.6. The lowest BCUT2D eigenvalue weighted by Crippen LogP contribution is -2.60. The molecule has 0 bridgehead atoms. The average Bonchev–Trinajstić information content (AvgIpc) is 3.58. The number of hydrogen-bond acceptors (Lipinski definition) is 1. The summed E-state index contributed by atoms with van der Waals surface area (Å²) < 4.78 is 2.57. The highest BCUT2D eigenvalue weighted by molar-refractivity contribution is 6.94. The van der Waals surface area contributed by atoms with Crippen molar-refractivity contribution in [3.05, 3.63) is 151 Å². The maximum atomic E-state index is 2.64. The van der Waals surface area contributed by atoms with Gasteiger partial charge in [-0.25, -0.2) is 0 Å². The second-order valence-electron chi connectivity index (χ2n) is 13.6. The highest BCUT2D eigenvalue weighted by Gasteiger charge is 2.47. The Balaban J connectivity index is 1.45. The zero-order chi connectivity index (χ0) is 30.3. The molecule has 0 N–H and O–H groups in total. The minimum absolute atomic E-state index is 0.0210. The lowest BCUT2D eigenvalue weighted by molar-refractivity contribution is 0.660. The fourth-order valence-electron chi connectivity index (χ4n) is 9.34. The topological polar surface area (TPSA) is 8.17 Å². The van der Waals surface area contributed by atoms with E-state index in [0.717, 1.165) is 0 Å². The predicted molar refractivity (Wildman–Crippen MR) is 195 cm³/mol. The summed E-state index contributed by atoms with van der Waals surface area (Å²) in [7, 11) is 0. The summed E-state index contributed by atoms with van der Waals surface area (Å²) in [5.41, 5.74) is 17.3. The maximum Gasteiger partial charge on any atom is 0.333 e. The minimum atomic E-state index is -0.0893. The van der Waals surface area contributed by atoms with E-state index in [4.69, 9.17) is 0 Å². The van der Waals surface area contributed by atoms with Gasteiger partial charge in [0, 0.05) is 38.8 Å². The van der Waals surface area contributed by atoms with Gasteiger partial charge in [-0.1, -0.05) is 123 Å². The molecule has 0 fully saturated rings. The summed E-state index contributed by atoms with van der Waals surface area (Å²) in [6, 6.07) is 52.2. The number of aromatic nitrogens is 1. The van der Waals surface area contributed by atoms with E-state index in [1.807, 2.05) is 0 Å². The zero-order valence-corrected chi connectivity index (χ0v) is 25.8. The van der Waals surface area contributed by atoms with Gasteiger partial charge in [0.15, 0.2) is 0 Å². The van der Waals surface area contributed by atoms with Gasteiger partial charge >= 0.3 is 6.85 Å². The van der Waals surface area contributed by atoms with Crippen molar-refractivity contribution >= 4 is 61.7 Å². The van der Waals surface area contributed by atoms with Crippen molar-refractivity contribution in [3.8, 4) is 27.9 Å². The van der Waals surface area contributed by atoms with Crippen LogP contribution in [0.1, 0.15) is 25.0 Å². The molecule has 3 heteroatoms. The van der Waals surface area contributed by atoms with Crippen LogP contribution in [0.4, 0.5) is 11.4 Å². The van der Waals surface area contributed by atoms with E-state index in [-0.39, 0.29) is 12.3 Å². The Morgan fingerprint density at radius 3 is 2.09 bits per heavy atom. The van der Waals surface area contributed by atoms with Crippen LogP contribution in [0.3, 0.4) is 0 Å². The van der Waals surface area contributed by atoms with Crippen LogP contribution in [0.5, 0.6) is 0 Å². The lowest BCUT2D eigenvalue weighted by atomic mass is 9.43. The molecule has 0 saturated carbocycles. The molecular formula is C43H29BN2. The van der Waals surface area contributed by atoms with Crippen molar-refractivity contribution in [2.24, 2.45) is 0 Å². The van der Waals surface area contributed by atoms with Crippen molar-refractivity contribution in [3.63, 3.8) is 0 Å². The van der Waals surface area contributed by atoms with Crippen LogP contribution in [-0.2, 0) is 5.41 Å². The third-order valence-corrected chi connectivity index (χ3v) is 11.1. The Labute approximate surface area is 268 Å². The fourth-order valence-corrected chi connectivity index (χ4v) is 9.34. The van der Waals surface area contributed by atoms with Gasteiger partial charge in [-0.2, -0.15) is 0 Å². The van der Waals surface area contributed by atoms with Crippen LogP contribution < -0.4 is 15.7 Å². The predicted octanol–water partition coefficient (Wildman–Crippen LogP) is 9.48. The van der Waals surface area contributed by atoms with Crippen LogP contribution in [0.2, 0.25) is 0 Å². The summed E-state index contributed by atoms with van der Waals surface area (Å²) in [5, 5.41) is 5.33. The highest BCUT2D eigenvalue weighted by atomic mass is 15.1. The van der Waals surface area contributed by atoms with E-state index in [2.05, 4.69) is 163 Å². The maximum absolute atomic E-state index is 2.64. The molecule has 0 radical (unpaired) electrons. The lowest BCUT2D eigenvalue weighted by Gasteiger charge is -2.43. The molecule has 214 valence electrons. The molecule has 2 aliphatic heterocycles. The van der Waals surface area contributed by atoms with Crippen molar-refractivity contribution in [2.45, 2.75) is 19.3 Å². The van der Waals surface area contributed by atoms with Gasteiger partial charge in [-0.05, 0) is 79.8 Å². The second-order valence-corrected chi connectivity index (χ2v) is 13.6. The highest BCUT2D eigenvalue weighted by Crippen LogP contribution is 2.58. The molecule has 3 heterocycles. The monoisotopic (exact) mass is 584 g/mol. The summed E-state index contributed by atoms with van der Waals surface area (Å²) in [5.74, 6) is 0. The first-order valence-corrected chi connectivity index (χ1v) is 16.3. The molecule has 8 aromatic rings. The van der Waals surface area contributed by atoms with E-state index < -0.39 is 0 Å². The number of fused-ring (bicyclic) bond motifs is 15. The number of nitrogens with zero attached hydrogens (tertiary/aromatic N) is 2. The van der Waals surface area contributed by atoms with Gasteiger partial charge in [0.05, 0.1) is 11.0 Å². The summed E-state index contributed by atoms with van der Waals surface area (Å²) in [6.07, 6.45) is 0. The van der Waals surface area contributed by atoms with E-state index in [9.17, 15) is 0 Å².